The van der Waals surface area contributed by atoms with Gasteiger partial charge in [-0.3, -0.25) is 31.9 Å². The molecule has 86 heavy (non-hydrogen) atoms. The van der Waals surface area contributed by atoms with E-state index in [4.69, 9.17) is 51.7 Å². The van der Waals surface area contributed by atoms with Gasteiger partial charge in [0.15, 0.2) is 43.7 Å². The van der Waals surface area contributed by atoms with E-state index < -0.39 is 258 Å². The number of nitrogens with one attached hydrogen (secondary N) is 3. The first-order valence-corrected chi connectivity index (χ1v) is 32.3. The minimum atomic E-state index is -6.27. The second kappa shape index (κ2) is 28.1. The summed E-state index contributed by atoms with van der Waals surface area (Å²) in [5, 5.41) is 108. The molecule has 0 saturated carbocycles. The summed E-state index contributed by atoms with van der Waals surface area (Å²) in [6, 6.07) is -8.11. The number of aliphatic hydroxyl groups is 8. The Morgan fingerprint density at radius 1 is 0.349 bits per heavy atom. The molecule has 0 aromatic rings. The van der Waals surface area contributed by atoms with Crippen LogP contribution in [0.4, 0.5) is 0 Å². The molecule has 0 spiro atoms. The van der Waals surface area contributed by atoms with Crippen molar-refractivity contribution in [1.29, 1.82) is 0 Å². The Kier molecular flexibility index (Phi) is 24.2. The van der Waals surface area contributed by atoms with Crippen LogP contribution in [-0.2, 0) is 141 Å². The zero-order chi connectivity index (χ0) is 65.5. The number of aliphatic hydroxyl groups excluding tert-OH is 8. The molecule has 56 heteroatoms. The standard InChI is InChI=1S/C30H51N3O46S7/c34-10-4(1-67-83(55,56)57)71-27(8(11(10)35)32-81(49,50)51)75-20-14(38)16(40)30(78-22(20)24(41)42)74-18-6(3-69-85(61,62)63)72-28(9(33-82(52,53)54)19(18)79-86(64,65)66)76-21-13(37)15(39)29(77-23(21)25(43)44)73-17-5(2-68-84(58,59)60)70-26(45)7(12(17)36)31-80(46,47)48/h4-23,26-40,45H,1-3H2,(H,41,42)(H,43,44)(H,46,47,48)(H,49,50,51)(H,52,53,54)(H,55,56,57)(H,58,59,60)(H,61,62,63)(H,64,65,66)/t4-,5-,6-,7-,8-,9-,10-,11-,12-,13-,14-,15-,16-,17-,18-,19-,20+,21+,22+,23-,26+,27-,28-,29-,30-/m1/s1. The molecule has 5 heterocycles. The molecule has 49 nitrogen and oxygen atoms in total. The average Bonchev–Trinajstić information content (AvgIpc) is 0.808. The van der Waals surface area contributed by atoms with Gasteiger partial charge in [0, 0.05) is 0 Å². The van der Waals surface area contributed by atoms with Gasteiger partial charge in [-0.05, 0) is 0 Å². The van der Waals surface area contributed by atoms with Crippen molar-refractivity contribution in [2.45, 2.75) is 153 Å². The van der Waals surface area contributed by atoms with Crippen LogP contribution in [0.5, 0.6) is 0 Å². The quantitative estimate of drug-likeness (QED) is 0.0340. The van der Waals surface area contributed by atoms with Gasteiger partial charge in [-0.2, -0.15) is 73.1 Å². The average molecular weight is 1410 g/mol. The summed E-state index contributed by atoms with van der Waals surface area (Å²) in [6.45, 7) is -4.91. The lowest BCUT2D eigenvalue weighted by Crippen LogP contribution is -2.71. The Hall–Kier alpha value is -2.65. The first kappa shape index (κ1) is 74.1. The minimum Gasteiger partial charge on any atom is -0.479 e. The Morgan fingerprint density at radius 2 is 0.698 bits per heavy atom. The highest BCUT2D eigenvalue weighted by molar-refractivity contribution is 7.84. The van der Waals surface area contributed by atoms with Crippen molar-refractivity contribution in [3.05, 3.63) is 0 Å². The van der Waals surface area contributed by atoms with Crippen LogP contribution in [0.25, 0.3) is 0 Å². The molecule has 504 valence electrons. The molecule has 0 amide bonds. The fourth-order valence-electron chi connectivity index (χ4n) is 8.57. The lowest BCUT2D eigenvalue weighted by Gasteiger charge is -2.50. The van der Waals surface area contributed by atoms with Gasteiger partial charge < -0.3 is 93.7 Å². The van der Waals surface area contributed by atoms with Gasteiger partial charge in [0.25, 0.3) is 0 Å². The molecule has 0 aromatic carbocycles. The Bertz CT molecular complexity index is 3190. The lowest BCUT2D eigenvalue weighted by molar-refractivity contribution is -0.374. The maximum absolute atomic E-state index is 12.8. The molecule has 20 N–H and O–H groups in total. The maximum atomic E-state index is 12.8. The predicted molar refractivity (Wildman–Crippen MR) is 247 cm³/mol. The summed E-state index contributed by atoms with van der Waals surface area (Å²) in [6.07, 6.45) is -61.6. The van der Waals surface area contributed by atoms with E-state index in [9.17, 15) is 142 Å². The van der Waals surface area contributed by atoms with Crippen LogP contribution in [-0.4, -0.2) is 327 Å². The molecule has 5 rings (SSSR count). The second-order valence-electron chi connectivity index (χ2n) is 18.0. The largest absolute Gasteiger partial charge is 0.479 e. The molecule has 0 unspecified atom stereocenters. The third kappa shape index (κ3) is 20.7. The fourth-order valence-corrected chi connectivity index (χ4v) is 11.8. The Morgan fingerprint density at radius 3 is 1.09 bits per heavy atom. The van der Waals surface area contributed by atoms with Gasteiger partial charge in [-0.15, -0.1) is 0 Å². The SMILES string of the molecule is O=C(O)[C@H]1O[C@@H](O[C@H]2[C@H](OS(=O)(=O)O)[C@@H](NS(=O)(=O)O)[C@@H](O[C@H]3[C@H](O)[C@@H](O)[C@H](O[C@H]4[C@H](O)[C@@H](NS(=O)(=O)O)[C@@H](O)O[C@@H]4COS(=O)(=O)O)O[C@H]3C(=O)O)O[C@@H]2COS(=O)(=O)O)[C@H](O)[C@@H](O)[C@@H]1O[C@H]1O[C@H](COS(=O)(=O)O)[C@@H](O)[C@H](O)[C@H]1NS(=O)(=O)O. The molecule has 5 saturated heterocycles. The molecular weight excluding hydrogens is 1360 g/mol. The highest BCUT2D eigenvalue weighted by Crippen LogP contribution is 2.38. The normalized spacial score (nSPS) is 40.0. The van der Waals surface area contributed by atoms with Crippen molar-refractivity contribution in [2.75, 3.05) is 19.8 Å². The number of aliphatic carboxylic acids is 2. The molecule has 5 fully saturated rings. The minimum absolute atomic E-state index is 1.16. The summed E-state index contributed by atoms with van der Waals surface area (Å²) in [5.74, 6) is -4.75. The topological polar surface area (TPSA) is 773 Å². The fraction of sp³-hybridized carbons (Fsp3) is 0.933. The Balaban J connectivity index is 1.53. The van der Waals surface area contributed by atoms with Crippen LogP contribution in [0.2, 0.25) is 0 Å². The Labute approximate surface area is 480 Å². The summed E-state index contributed by atoms with van der Waals surface area (Å²) < 4.78 is 300. The van der Waals surface area contributed by atoms with Gasteiger partial charge >= 0.3 is 84.4 Å². The number of rotatable bonds is 27. The summed E-state index contributed by atoms with van der Waals surface area (Å²) >= 11 is 0. The first-order chi connectivity index (χ1) is 38.9. The predicted octanol–water partition coefficient (Wildman–Crippen LogP) is -14.2. The van der Waals surface area contributed by atoms with E-state index in [2.05, 4.69) is 16.7 Å². The second-order valence-corrected chi connectivity index (χ2v) is 25.9. The third-order valence-electron chi connectivity index (χ3n) is 12.0. The van der Waals surface area contributed by atoms with Crippen LogP contribution in [0.15, 0.2) is 0 Å². The molecule has 25 atom stereocenters. The van der Waals surface area contributed by atoms with Gasteiger partial charge in [0.1, 0.15) is 110 Å². The monoisotopic (exact) mass is 1410 g/mol. The molecule has 5 aliphatic rings. The van der Waals surface area contributed by atoms with Crippen LogP contribution in [0, 0.1) is 0 Å². The number of carboxylic acid groups (broad SMARTS) is 2. The van der Waals surface area contributed by atoms with Crippen molar-refractivity contribution >= 4 is 84.4 Å². The highest BCUT2D eigenvalue weighted by Gasteiger charge is 2.60. The van der Waals surface area contributed by atoms with Crippen molar-refractivity contribution in [3.63, 3.8) is 0 Å². The van der Waals surface area contributed by atoms with E-state index in [1.165, 1.54) is 9.44 Å². The smallest absolute Gasteiger partial charge is 0.397 e. The van der Waals surface area contributed by atoms with E-state index in [1.54, 1.807) is 0 Å². The zero-order valence-electron chi connectivity index (χ0n) is 41.4. The molecule has 5 aliphatic heterocycles. The number of hydrogen-bond donors (Lipinski definition) is 20. The zero-order valence-corrected chi connectivity index (χ0v) is 47.1. The van der Waals surface area contributed by atoms with Crippen molar-refractivity contribution in [1.82, 2.24) is 14.2 Å². The highest BCUT2D eigenvalue weighted by atomic mass is 32.3. The van der Waals surface area contributed by atoms with E-state index in [-0.39, 0.29) is 0 Å². The summed E-state index contributed by atoms with van der Waals surface area (Å²) in [4.78, 5) is 25.5. The maximum Gasteiger partial charge on any atom is 0.397 e. The number of ether oxygens (including phenoxy) is 9. The molecule has 0 aliphatic carbocycles. The summed E-state index contributed by atoms with van der Waals surface area (Å²) in [7, 11) is -40.0. The number of carboxylic acids is 2. The van der Waals surface area contributed by atoms with Crippen LogP contribution >= 0.6 is 0 Å². The van der Waals surface area contributed by atoms with Gasteiger partial charge in [-0.1, -0.05) is 0 Å². The summed E-state index contributed by atoms with van der Waals surface area (Å²) in [5.41, 5.74) is 0. The van der Waals surface area contributed by atoms with Crippen molar-refractivity contribution < 1.29 is 211 Å². The lowest BCUT2D eigenvalue weighted by atomic mass is 9.94. The van der Waals surface area contributed by atoms with E-state index in [1.807, 2.05) is 0 Å². The van der Waals surface area contributed by atoms with Gasteiger partial charge in [0.05, 0.1) is 19.8 Å². The molecule has 0 radical (unpaired) electrons. The number of hydrogen-bond acceptors (Lipinski definition) is 37. The van der Waals surface area contributed by atoms with Crippen LogP contribution in [0.1, 0.15) is 0 Å². The van der Waals surface area contributed by atoms with Gasteiger partial charge in [-0.25, -0.2) is 26.3 Å². The van der Waals surface area contributed by atoms with Gasteiger partial charge in [0.2, 0.25) is 0 Å². The van der Waals surface area contributed by atoms with Crippen LogP contribution in [0.3, 0.4) is 0 Å². The van der Waals surface area contributed by atoms with E-state index >= 15 is 0 Å². The third-order valence-corrected chi connectivity index (χ3v) is 15.5. The molecule has 0 bridgehead atoms. The van der Waals surface area contributed by atoms with E-state index in [0.717, 1.165) is 4.72 Å². The van der Waals surface area contributed by atoms with Crippen LogP contribution < -0.4 is 14.2 Å². The van der Waals surface area contributed by atoms with Crippen molar-refractivity contribution in [2.24, 2.45) is 0 Å². The van der Waals surface area contributed by atoms with E-state index in [0.29, 0.717) is 0 Å². The number of carbonyl (C=O) groups is 2. The molecule has 0 aromatic heterocycles. The first-order valence-electron chi connectivity index (χ1n) is 22.5. The van der Waals surface area contributed by atoms with Crippen molar-refractivity contribution in [3.8, 4) is 0 Å². The molecular formula is C30H51N3O46S7.